The lowest BCUT2D eigenvalue weighted by Crippen LogP contribution is -2.29. The average Bonchev–Trinajstić information content (AvgIpc) is 2.94. The molecule has 0 bridgehead atoms. The third-order valence-corrected chi connectivity index (χ3v) is 4.11. The molecule has 5 heteroatoms. The van der Waals surface area contributed by atoms with Gasteiger partial charge in [0.15, 0.2) is 0 Å². The van der Waals surface area contributed by atoms with Gasteiger partial charge in [-0.1, -0.05) is 29.8 Å². The Bertz CT molecular complexity index is 663. The fourth-order valence-corrected chi connectivity index (χ4v) is 2.85. The van der Waals surface area contributed by atoms with Crippen LogP contribution in [0.4, 0.5) is 4.39 Å². The Kier molecular flexibility index (Phi) is 4.10. The molecule has 3 N–H and O–H groups in total. The Morgan fingerprint density at radius 1 is 1.29 bits per heavy atom. The number of hydrazine groups is 1. The summed E-state index contributed by atoms with van der Waals surface area (Å²) in [5.41, 5.74) is 5.93. The number of fused-ring (bicyclic) bond motifs is 1. The number of ether oxygens (including phenoxy) is 1. The zero-order valence-corrected chi connectivity index (χ0v) is 12.2. The first-order chi connectivity index (χ1) is 10.2. The molecule has 0 amide bonds. The van der Waals surface area contributed by atoms with E-state index in [-0.39, 0.29) is 11.9 Å². The third-order valence-electron chi connectivity index (χ3n) is 3.76. The molecule has 1 aliphatic rings. The molecule has 1 aliphatic heterocycles. The highest BCUT2D eigenvalue weighted by Crippen LogP contribution is 2.30. The summed E-state index contributed by atoms with van der Waals surface area (Å²) in [7, 11) is 0. The van der Waals surface area contributed by atoms with Crippen LogP contribution in [0.25, 0.3) is 0 Å². The number of nitrogens with two attached hydrogens (primary N) is 1. The van der Waals surface area contributed by atoms with Crippen LogP contribution in [0.1, 0.15) is 22.7 Å². The summed E-state index contributed by atoms with van der Waals surface area (Å²) >= 11 is 6.08. The lowest BCUT2D eigenvalue weighted by molar-refractivity contribution is 0.356. The van der Waals surface area contributed by atoms with E-state index in [4.69, 9.17) is 22.2 Å². The first-order valence-electron chi connectivity index (χ1n) is 6.83. The number of halogens is 2. The smallest absolute Gasteiger partial charge is 0.124 e. The molecule has 0 radical (unpaired) electrons. The van der Waals surface area contributed by atoms with Crippen molar-refractivity contribution >= 4 is 11.6 Å². The van der Waals surface area contributed by atoms with Gasteiger partial charge in [-0.05, 0) is 41.3 Å². The van der Waals surface area contributed by atoms with Crippen LogP contribution in [0.3, 0.4) is 0 Å². The topological polar surface area (TPSA) is 47.3 Å². The van der Waals surface area contributed by atoms with E-state index in [9.17, 15) is 4.39 Å². The van der Waals surface area contributed by atoms with Crippen LogP contribution in [0.15, 0.2) is 36.4 Å². The molecule has 1 atom stereocenters. The number of hydrogen-bond acceptors (Lipinski definition) is 3. The van der Waals surface area contributed by atoms with Crippen LogP contribution in [-0.2, 0) is 12.8 Å². The minimum Gasteiger partial charge on any atom is -0.493 e. The molecular weight excluding hydrogens is 291 g/mol. The van der Waals surface area contributed by atoms with Gasteiger partial charge in [-0.25, -0.2) is 4.39 Å². The molecule has 2 aromatic rings. The van der Waals surface area contributed by atoms with Crippen molar-refractivity contribution in [2.45, 2.75) is 18.9 Å². The number of nitrogens with one attached hydrogen (secondary N) is 1. The van der Waals surface area contributed by atoms with E-state index < -0.39 is 0 Å². The van der Waals surface area contributed by atoms with Crippen LogP contribution in [-0.4, -0.2) is 6.61 Å². The second kappa shape index (κ2) is 6.02. The van der Waals surface area contributed by atoms with Crippen LogP contribution >= 0.6 is 11.6 Å². The summed E-state index contributed by atoms with van der Waals surface area (Å²) in [6.45, 7) is 0.725. The largest absolute Gasteiger partial charge is 0.493 e. The predicted octanol–water partition coefficient (Wildman–Crippen LogP) is 3.16. The fraction of sp³-hybridized carbons (Fsp3) is 0.250. The van der Waals surface area contributed by atoms with E-state index in [0.29, 0.717) is 11.4 Å². The third kappa shape index (κ3) is 3.02. The van der Waals surface area contributed by atoms with Gasteiger partial charge in [0.05, 0.1) is 12.6 Å². The van der Waals surface area contributed by atoms with Gasteiger partial charge in [0.25, 0.3) is 0 Å². The fourth-order valence-electron chi connectivity index (χ4n) is 2.60. The Hall–Kier alpha value is -1.62. The van der Waals surface area contributed by atoms with Gasteiger partial charge in [0, 0.05) is 11.4 Å². The van der Waals surface area contributed by atoms with Gasteiger partial charge in [0.2, 0.25) is 0 Å². The number of hydrogen-bond donors (Lipinski definition) is 2. The maximum absolute atomic E-state index is 13.1. The standard InChI is InChI=1S/C16H16ClFN2O/c17-14-9-13(18)3-1-10(14)8-15(20-19)11-2-4-16-12(7-11)5-6-21-16/h1-4,7,9,15,20H,5-6,8,19H2. The van der Waals surface area contributed by atoms with E-state index in [0.717, 1.165) is 29.9 Å². The van der Waals surface area contributed by atoms with Crippen molar-refractivity contribution in [3.05, 3.63) is 63.9 Å². The van der Waals surface area contributed by atoms with E-state index in [1.54, 1.807) is 6.07 Å². The predicted molar refractivity (Wildman–Crippen MR) is 80.8 cm³/mol. The number of benzene rings is 2. The van der Waals surface area contributed by atoms with Crippen molar-refractivity contribution in [1.29, 1.82) is 0 Å². The van der Waals surface area contributed by atoms with Crippen molar-refractivity contribution in [1.82, 2.24) is 5.43 Å². The zero-order valence-electron chi connectivity index (χ0n) is 11.4. The van der Waals surface area contributed by atoms with Crippen LogP contribution in [0.5, 0.6) is 5.75 Å². The Morgan fingerprint density at radius 2 is 2.14 bits per heavy atom. The first kappa shape index (κ1) is 14.3. The van der Waals surface area contributed by atoms with Crippen molar-refractivity contribution < 1.29 is 9.13 Å². The molecule has 0 saturated heterocycles. The monoisotopic (exact) mass is 306 g/mol. The molecule has 3 rings (SSSR count). The van der Waals surface area contributed by atoms with Crippen LogP contribution in [0, 0.1) is 5.82 Å². The molecule has 110 valence electrons. The summed E-state index contributed by atoms with van der Waals surface area (Å²) in [6.07, 6.45) is 1.51. The molecule has 3 nitrogen and oxygen atoms in total. The van der Waals surface area contributed by atoms with Gasteiger partial charge >= 0.3 is 0 Å². The second-order valence-corrected chi connectivity index (χ2v) is 5.53. The highest BCUT2D eigenvalue weighted by molar-refractivity contribution is 6.31. The summed E-state index contributed by atoms with van der Waals surface area (Å²) in [5, 5.41) is 0.416. The van der Waals surface area contributed by atoms with Crippen molar-refractivity contribution in [3.63, 3.8) is 0 Å². The lowest BCUT2D eigenvalue weighted by Gasteiger charge is -2.18. The van der Waals surface area contributed by atoms with E-state index in [2.05, 4.69) is 11.5 Å². The molecule has 0 saturated carbocycles. The second-order valence-electron chi connectivity index (χ2n) is 5.12. The molecule has 0 aromatic heterocycles. The highest BCUT2D eigenvalue weighted by atomic mass is 35.5. The highest BCUT2D eigenvalue weighted by Gasteiger charge is 2.17. The molecule has 0 aliphatic carbocycles. The first-order valence-corrected chi connectivity index (χ1v) is 7.21. The lowest BCUT2D eigenvalue weighted by atomic mass is 9.97. The summed E-state index contributed by atoms with van der Waals surface area (Å²) in [6, 6.07) is 10.4. The minimum atomic E-state index is -0.337. The summed E-state index contributed by atoms with van der Waals surface area (Å²) < 4.78 is 18.6. The summed E-state index contributed by atoms with van der Waals surface area (Å²) in [5.74, 6) is 6.28. The van der Waals surface area contributed by atoms with Crippen molar-refractivity contribution in [3.8, 4) is 5.75 Å². The molecule has 21 heavy (non-hydrogen) atoms. The maximum atomic E-state index is 13.1. The normalized spacial score (nSPS) is 14.6. The Morgan fingerprint density at radius 3 is 2.90 bits per heavy atom. The van der Waals surface area contributed by atoms with E-state index >= 15 is 0 Å². The van der Waals surface area contributed by atoms with Gasteiger partial charge in [-0.3, -0.25) is 11.3 Å². The van der Waals surface area contributed by atoms with E-state index in [1.807, 2.05) is 12.1 Å². The molecule has 1 unspecified atom stereocenters. The minimum absolute atomic E-state index is 0.0844. The van der Waals surface area contributed by atoms with Crippen molar-refractivity contribution in [2.24, 2.45) is 5.84 Å². The van der Waals surface area contributed by atoms with Gasteiger partial charge < -0.3 is 4.74 Å². The van der Waals surface area contributed by atoms with E-state index in [1.165, 1.54) is 17.7 Å². The Balaban J connectivity index is 1.85. The molecular formula is C16H16ClFN2O. The zero-order chi connectivity index (χ0) is 14.8. The Labute approximate surface area is 127 Å². The van der Waals surface area contributed by atoms with Crippen molar-refractivity contribution in [2.75, 3.05) is 6.61 Å². The SMILES string of the molecule is NNC(Cc1ccc(F)cc1Cl)c1ccc2c(c1)CCO2. The average molecular weight is 307 g/mol. The van der Waals surface area contributed by atoms with Crippen LogP contribution in [0.2, 0.25) is 5.02 Å². The summed E-state index contributed by atoms with van der Waals surface area (Å²) in [4.78, 5) is 0. The van der Waals surface area contributed by atoms with Gasteiger partial charge in [-0.15, -0.1) is 0 Å². The maximum Gasteiger partial charge on any atom is 0.124 e. The number of rotatable bonds is 4. The molecule has 0 spiro atoms. The van der Waals surface area contributed by atoms with Crippen LogP contribution < -0.4 is 16.0 Å². The van der Waals surface area contributed by atoms with Gasteiger partial charge in [0.1, 0.15) is 11.6 Å². The molecule has 1 heterocycles. The molecule has 2 aromatic carbocycles. The quantitative estimate of drug-likeness (QED) is 0.674. The molecule has 0 fully saturated rings. The van der Waals surface area contributed by atoms with Gasteiger partial charge in [-0.2, -0.15) is 0 Å².